The molecule has 0 radical (unpaired) electrons. The third-order valence-electron chi connectivity index (χ3n) is 2.61. The van der Waals surface area contributed by atoms with Gasteiger partial charge in [-0.15, -0.1) is 0 Å². The predicted octanol–water partition coefficient (Wildman–Crippen LogP) is 3.16. The van der Waals surface area contributed by atoms with Crippen LogP contribution in [0.2, 0.25) is 0 Å². The molecule has 0 aromatic heterocycles. The van der Waals surface area contributed by atoms with Crippen LogP contribution in [0.3, 0.4) is 0 Å². The summed E-state index contributed by atoms with van der Waals surface area (Å²) in [4.78, 5) is 10.7. The maximum absolute atomic E-state index is 10.7. The smallest absolute Gasteiger partial charge is 0.302 e. The fourth-order valence-corrected chi connectivity index (χ4v) is 1.23. The van der Waals surface area contributed by atoms with Crippen LogP contribution in [-0.4, -0.2) is 12.6 Å². The molecular formula is C11H22O2. The molecule has 0 aliphatic carbocycles. The Balaban J connectivity index is 3.87. The molecular weight excluding hydrogens is 164 g/mol. The van der Waals surface area contributed by atoms with Gasteiger partial charge in [-0.2, -0.15) is 0 Å². The molecule has 78 valence electrons. The minimum atomic E-state index is -0.170. The van der Waals surface area contributed by atoms with Crippen molar-refractivity contribution in [2.75, 3.05) is 6.61 Å². The summed E-state index contributed by atoms with van der Waals surface area (Å²) in [5.41, 5.74) is 0.182. The maximum Gasteiger partial charge on any atom is 0.302 e. The van der Waals surface area contributed by atoms with E-state index in [0.717, 1.165) is 12.8 Å². The van der Waals surface area contributed by atoms with E-state index in [1.807, 2.05) is 0 Å². The largest absolute Gasteiger partial charge is 0.465 e. The summed E-state index contributed by atoms with van der Waals surface area (Å²) < 4.78 is 5.06. The van der Waals surface area contributed by atoms with E-state index in [2.05, 4.69) is 20.8 Å². The Morgan fingerprint density at radius 3 is 2.38 bits per heavy atom. The average molecular weight is 186 g/mol. The van der Waals surface area contributed by atoms with Gasteiger partial charge in [-0.25, -0.2) is 0 Å². The molecule has 13 heavy (non-hydrogen) atoms. The Kier molecular flexibility index (Phi) is 5.76. The Morgan fingerprint density at radius 1 is 1.38 bits per heavy atom. The first-order valence-electron chi connectivity index (χ1n) is 5.17. The van der Waals surface area contributed by atoms with Gasteiger partial charge in [0, 0.05) is 12.3 Å². The van der Waals surface area contributed by atoms with E-state index in [1.165, 1.54) is 19.8 Å². The zero-order valence-corrected chi connectivity index (χ0v) is 9.35. The van der Waals surface area contributed by atoms with Crippen molar-refractivity contribution in [1.82, 2.24) is 0 Å². The number of carbonyl (C=O) groups excluding carboxylic acids is 1. The van der Waals surface area contributed by atoms with Crippen LogP contribution in [-0.2, 0) is 9.53 Å². The average Bonchev–Trinajstić information content (AvgIpc) is 2.11. The van der Waals surface area contributed by atoms with Gasteiger partial charge in [-0.05, 0) is 12.8 Å². The van der Waals surface area contributed by atoms with Crippen LogP contribution in [0, 0.1) is 5.41 Å². The Bertz CT molecular complexity index is 154. The summed E-state index contributed by atoms with van der Waals surface area (Å²) in [6.07, 6.45) is 4.63. The van der Waals surface area contributed by atoms with Crippen molar-refractivity contribution in [2.45, 2.75) is 53.4 Å². The van der Waals surface area contributed by atoms with E-state index in [4.69, 9.17) is 4.74 Å². The van der Waals surface area contributed by atoms with Gasteiger partial charge < -0.3 is 4.74 Å². The van der Waals surface area contributed by atoms with Gasteiger partial charge in [0.05, 0.1) is 6.61 Å². The van der Waals surface area contributed by atoms with Crippen LogP contribution >= 0.6 is 0 Å². The molecule has 0 amide bonds. The van der Waals surface area contributed by atoms with E-state index < -0.39 is 0 Å². The Labute approximate surface area is 81.7 Å². The first-order valence-corrected chi connectivity index (χ1v) is 5.17. The van der Waals surface area contributed by atoms with E-state index in [0.29, 0.717) is 6.61 Å². The molecule has 0 N–H and O–H groups in total. The number of ether oxygens (including phenoxy) is 1. The van der Waals surface area contributed by atoms with Gasteiger partial charge in [0.2, 0.25) is 0 Å². The lowest BCUT2D eigenvalue weighted by atomic mass is 9.83. The lowest BCUT2D eigenvalue weighted by molar-refractivity contribution is -0.144. The predicted molar refractivity (Wildman–Crippen MR) is 54.6 cm³/mol. The fraction of sp³-hybridized carbons (Fsp3) is 0.909. The Hall–Kier alpha value is -0.530. The van der Waals surface area contributed by atoms with Crippen molar-refractivity contribution >= 4 is 5.97 Å². The SMILES string of the molecule is CCCCC(C)(CC)COC(C)=O. The maximum atomic E-state index is 10.7. The van der Waals surface area contributed by atoms with Crippen molar-refractivity contribution in [2.24, 2.45) is 5.41 Å². The molecule has 1 atom stereocenters. The first-order chi connectivity index (χ1) is 6.04. The van der Waals surface area contributed by atoms with Gasteiger partial charge in [0.15, 0.2) is 0 Å². The molecule has 0 aliphatic heterocycles. The van der Waals surface area contributed by atoms with Crippen LogP contribution < -0.4 is 0 Å². The van der Waals surface area contributed by atoms with Gasteiger partial charge in [0.25, 0.3) is 0 Å². The number of hydrogen-bond acceptors (Lipinski definition) is 2. The molecule has 0 fully saturated rings. The van der Waals surface area contributed by atoms with Crippen molar-refractivity contribution in [1.29, 1.82) is 0 Å². The third-order valence-corrected chi connectivity index (χ3v) is 2.61. The molecule has 0 saturated carbocycles. The normalized spacial score (nSPS) is 15.1. The molecule has 2 heteroatoms. The zero-order chi connectivity index (χ0) is 10.3. The highest BCUT2D eigenvalue weighted by molar-refractivity contribution is 5.65. The van der Waals surface area contributed by atoms with Crippen LogP contribution in [0.4, 0.5) is 0 Å². The molecule has 0 bridgehead atoms. The monoisotopic (exact) mass is 186 g/mol. The number of carbonyl (C=O) groups is 1. The summed E-state index contributed by atoms with van der Waals surface area (Å²) in [6.45, 7) is 8.56. The van der Waals surface area contributed by atoms with Gasteiger partial charge in [-0.3, -0.25) is 4.79 Å². The summed E-state index contributed by atoms with van der Waals surface area (Å²) in [6, 6.07) is 0. The lowest BCUT2D eigenvalue weighted by Gasteiger charge is -2.27. The minimum Gasteiger partial charge on any atom is -0.465 e. The van der Waals surface area contributed by atoms with Gasteiger partial charge in [0.1, 0.15) is 0 Å². The van der Waals surface area contributed by atoms with E-state index in [1.54, 1.807) is 0 Å². The topological polar surface area (TPSA) is 26.3 Å². The van der Waals surface area contributed by atoms with Crippen LogP contribution in [0.5, 0.6) is 0 Å². The Morgan fingerprint density at radius 2 is 2.00 bits per heavy atom. The number of unbranched alkanes of at least 4 members (excludes halogenated alkanes) is 1. The highest BCUT2D eigenvalue weighted by Crippen LogP contribution is 2.28. The summed E-state index contributed by atoms with van der Waals surface area (Å²) in [5, 5.41) is 0. The van der Waals surface area contributed by atoms with E-state index in [9.17, 15) is 4.79 Å². The molecule has 0 aromatic carbocycles. The second-order valence-corrected chi connectivity index (χ2v) is 4.05. The lowest BCUT2D eigenvalue weighted by Crippen LogP contribution is -2.23. The van der Waals surface area contributed by atoms with E-state index >= 15 is 0 Å². The minimum absolute atomic E-state index is 0.170. The van der Waals surface area contributed by atoms with Crippen LogP contribution in [0.1, 0.15) is 53.4 Å². The number of esters is 1. The third kappa shape index (κ3) is 5.67. The molecule has 0 heterocycles. The van der Waals surface area contributed by atoms with Crippen molar-refractivity contribution in [3.63, 3.8) is 0 Å². The number of rotatable bonds is 6. The van der Waals surface area contributed by atoms with Crippen LogP contribution in [0.25, 0.3) is 0 Å². The molecule has 2 nitrogen and oxygen atoms in total. The molecule has 0 aliphatic rings. The summed E-state index contributed by atoms with van der Waals surface area (Å²) in [5.74, 6) is -0.170. The zero-order valence-electron chi connectivity index (χ0n) is 9.35. The standard InChI is InChI=1S/C11H22O2/c1-5-7-8-11(4,6-2)9-13-10(3)12/h5-9H2,1-4H3. The molecule has 0 aromatic rings. The highest BCUT2D eigenvalue weighted by Gasteiger charge is 2.22. The van der Waals surface area contributed by atoms with Crippen LogP contribution in [0.15, 0.2) is 0 Å². The molecule has 0 rings (SSSR count). The summed E-state index contributed by atoms with van der Waals surface area (Å²) >= 11 is 0. The second kappa shape index (κ2) is 6.01. The van der Waals surface area contributed by atoms with Gasteiger partial charge in [-0.1, -0.05) is 33.6 Å². The van der Waals surface area contributed by atoms with Crippen molar-refractivity contribution in [3.05, 3.63) is 0 Å². The van der Waals surface area contributed by atoms with Crippen molar-refractivity contribution < 1.29 is 9.53 Å². The quantitative estimate of drug-likeness (QED) is 0.596. The fourth-order valence-electron chi connectivity index (χ4n) is 1.23. The van der Waals surface area contributed by atoms with Crippen molar-refractivity contribution in [3.8, 4) is 0 Å². The molecule has 0 saturated heterocycles. The molecule has 1 unspecified atom stereocenters. The number of hydrogen-bond donors (Lipinski definition) is 0. The molecule has 0 spiro atoms. The van der Waals surface area contributed by atoms with Gasteiger partial charge >= 0.3 is 5.97 Å². The van der Waals surface area contributed by atoms with E-state index in [-0.39, 0.29) is 11.4 Å². The highest BCUT2D eigenvalue weighted by atomic mass is 16.5. The second-order valence-electron chi connectivity index (χ2n) is 4.05. The first kappa shape index (κ1) is 12.5. The summed E-state index contributed by atoms with van der Waals surface area (Å²) in [7, 11) is 0.